The second-order valence-electron chi connectivity index (χ2n) is 5.75. The van der Waals surface area contributed by atoms with Crippen LogP contribution in [0.4, 0.5) is 13.2 Å². The third-order valence-corrected chi connectivity index (χ3v) is 4.01. The predicted molar refractivity (Wildman–Crippen MR) is 82.3 cm³/mol. The Bertz CT molecular complexity index is 648. The summed E-state index contributed by atoms with van der Waals surface area (Å²) in [5, 5.41) is 8.09. The zero-order valence-electron chi connectivity index (χ0n) is 13.2. The van der Waals surface area contributed by atoms with Gasteiger partial charge in [-0.05, 0) is 18.6 Å². The molecule has 3 rings (SSSR count). The molecule has 24 heavy (non-hydrogen) atoms. The van der Waals surface area contributed by atoms with E-state index in [2.05, 4.69) is 15.2 Å². The highest BCUT2D eigenvalue weighted by Gasteiger charge is 2.30. The molecule has 1 aliphatic rings. The van der Waals surface area contributed by atoms with Gasteiger partial charge in [0.1, 0.15) is 5.69 Å². The number of ether oxygens (including phenoxy) is 1. The summed E-state index contributed by atoms with van der Waals surface area (Å²) >= 11 is 0. The van der Waals surface area contributed by atoms with Gasteiger partial charge in [0.05, 0.1) is 25.0 Å². The average Bonchev–Trinajstić information content (AvgIpc) is 3.04. The van der Waals surface area contributed by atoms with Gasteiger partial charge in [-0.25, -0.2) is 0 Å². The lowest BCUT2D eigenvalue weighted by Crippen LogP contribution is -2.37. The number of hydrogen-bond donors (Lipinski definition) is 0. The molecule has 0 spiro atoms. The molecule has 1 saturated heterocycles. The van der Waals surface area contributed by atoms with Gasteiger partial charge >= 0.3 is 6.18 Å². The fourth-order valence-corrected chi connectivity index (χ4v) is 2.65. The van der Waals surface area contributed by atoms with Crippen LogP contribution >= 0.6 is 0 Å². The largest absolute Gasteiger partial charge is 0.416 e. The van der Waals surface area contributed by atoms with Crippen molar-refractivity contribution in [3.8, 4) is 11.3 Å². The van der Waals surface area contributed by atoms with Crippen LogP contribution in [0.3, 0.4) is 0 Å². The summed E-state index contributed by atoms with van der Waals surface area (Å²) in [4.78, 5) is 2.34. The van der Waals surface area contributed by atoms with Crippen LogP contribution in [0.2, 0.25) is 0 Å². The molecule has 0 unspecified atom stereocenters. The van der Waals surface area contributed by atoms with E-state index in [1.165, 1.54) is 12.1 Å². The number of rotatable bonds is 5. The molecule has 1 aliphatic heterocycles. The number of morpholine rings is 1. The first-order valence-corrected chi connectivity index (χ1v) is 7.90. The standard InChI is InChI=1S/C16H19F3N4O/c17-16(18,19)14-4-2-13(3-5-14)15-12-23(21-20-15)7-1-6-22-8-10-24-11-9-22/h2-5,12H,1,6-11H2. The minimum atomic E-state index is -4.32. The van der Waals surface area contributed by atoms with Gasteiger partial charge in [-0.15, -0.1) is 5.10 Å². The van der Waals surface area contributed by atoms with E-state index in [9.17, 15) is 13.2 Å². The molecule has 0 N–H and O–H groups in total. The van der Waals surface area contributed by atoms with Crippen molar-refractivity contribution < 1.29 is 17.9 Å². The molecule has 1 fully saturated rings. The van der Waals surface area contributed by atoms with Crippen LogP contribution in [0.25, 0.3) is 11.3 Å². The third-order valence-electron chi connectivity index (χ3n) is 4.01. The SMILES string of the molecule is FC(F)(F)c1ccc(-c2cn(CCCN3CCOCC3)nn2)cc1. The predicted octanol–water partition coefficient (Wildman–Crippen LogP) is 2.69. The lowest BCUT2D eigenvalue weighted by Gasteiger charge is -2.26. The van der Waals surface area contributed by atoms with Gasteiger partial charge in [-0.2, -0.15) is 13.2 Å². The molecule has 0 aliphatic carbocycles. The van der Waals surface area contributed by atoms with Crippen LogP contribution in [0, 0.1) is 0 Å². The van der Waals surface area contributed by atoms with Crippen LogP contribution in [-0.4, -0.2) is 52.7 Å². The Morgan fingerprint density at radius 3 is 2.42 bits per heavy atom. The van der Waals surface area contributed by atoms with Gasteiger partial charge < -0.3 is 4.74 Å². The molecule has 0 atom stereocenters. The lowest BCUT2D eigenvalue weighted by molar-refractivity contribution is -0.137. The Morgan fingerprint density at radius 2 is 1.75 bits per heavy atom. The van der Waals surface area contributed by atoms with Crippen molar-refractivity contribution in [1.29, 1.82) is 0 Å². The van der Waals surface area contributed by atoms with Gasteiger partial charge in [0.2, 0.25) is 0 Å². The van der Waals surface area contributed by atoms with Crippen LogP contribution in [0.1, 0.15) is 12.0 Å². The maximum absolute atomic E-state index is 12.6. The highest BCUT2D eigenvalue weighted by molar-refractivity contribution is 5.58. The van der Waals surface area contributed by atoms with E-state index in [-0.39, 0.29) is 0 Å². The number of nitrogens with zero attached hydrogens (tertiary/aromatic N) is 4. The Labute approximate surface area is 138 Å². The number of halogens is 3. The molecule has 0 amide bonds. The summed E-state index contributed by atoms with van der Waals surface area (Å²) in [6.07, 6.45) is -1.62. The summed E-state index contributed by atoms with van der Waals surface area (Å²) < 4.78 is 44.8. The molecule has 2 heterocycles. The number of hydrogen-bond acceptors (Lipinski definition) is 4. The molecule has 130 valence electrons. The van der Waals surface area contributed by atoms with Crippen molar-refractivity contribution in [2.75, 3.05) is 32.8 Å². The molecule has 8 heteroatoms. The van der Waals surface area contributed by atoms with E-state index in [0.717, 1.165) is 57.9 Å². The van der Waals surface area contributed by atoms with Gasteiger partial charge in [-0.1, -0.05) is 17.3 Å². The first-order chi connectivity index (χ1) is 11.5. The van der Waals surface area contributed by atoms with Gasteiger partial charge in [0, 0.05) is 31.7 Å². The van der Waals surface area contributed by atoms with Gasteiger partial charge in [0.25, 0.3) is 0 Å². The fraction of sp³-hybridized carbons (Fsp3) is 0.500. The number of alkyl halides is 3. The summed E-state index contributed by atoms with van der Waals surface area (Å²) in [7, 11) is 0. The minimum absolute atomic E-state index is 0.579. The van der Waals surface area contributed by atoms with Crippen LogP contribution in [-0.2, 0) is 17.5 Å². The number of aromatic nitrogens is 3. The molecule has 1 aromatic carbocycles. The molecule has 5 nitrogen and oxygen atoms in total. The summed E-state index contributed by atoms with van der Waals surface area (Å²) in [6.45, 7) is 5.16. The van der Waals surface area contributed by atoms with Crippen LogP contribution in [0.15, 0.2) is 30.5 Å². The van der Waals surface area contributed by atoms with Crippen LogP contribution in [0.5, 0.6) is 0 Å². The Morgan fingerprint density at radius 1 is 1.04 bits per heavy atom. The van der Waals surface area contributed by atoms with Gasteiger partial charge in [-0.3, -0.25) is 9.58 Å². The Hall–Kier alpha value is -1.93. The molecule has 0 saturated carbocycles. The summed E-state index contributed by atoms with van der Waals surface area (Å²) in [5.41, 5.74) is 0.543. The molecule has 2 aromatic rings. The highest BCUT2D eigenvalue weighted by atomic mass is 19.4. The van der Waals surface area contributed by atoms with Crippen molar-refractivity contribution in [1.82, 2.24) is 19.9 Å². The van der Waals surface area contributed by atoms with Gasteiger partial charge in [0.15, 0.2) is 0 Å². The van der Waals surface area contributed by atoms with Crippen molar-refractivity contribution in [3.05, 3.63) is 36.0 Å². The zero-order chi connectivity index (χ0) is 17.0. The average molecular weight is 340 g/mol. The van der Waals surface area contributed by atoms with E-state index >= 15 is 0 Å². The topological polar surface area (TPSA) is 43.2 Å². The monoisotopic (exact) mass is 340 g/mol. The molecule has 0 bridgehead atoms. The van der Waals surface area contributed by atoms with Crippen LogP contribution < -0.4 is 0 Å². The lowest BCUT2D eigenvalue weighted by atomic mass is 10.1. The van der Waals surface area contributed by atoms with Crippen molar-refractivity contribution in [3.63, 3.8) is 0 Å². The van der Waals surface area contributed by atoms with E-state index in [1.54, 1.807) is 10.9 Å². The normalized spacial score (nSPS) is 16.5. The second-order valence-corrected chi connectivity index (χ2v) is 5.75. The quantitative estimate of drug-likeness (QED) is 0.839. The zero-order valence-corrected chi connectivity index (χ0v) is 13.2. The first kappa shape index (κ1) is 16.9. The van der Waals surface area contributed by atoms with E-state index < -0.39 is 11.7 Å². The molecular weight excluding hydrogens is 321 g/mol. The fourth-order valence-electron chi connectivity index (χ4n) is 2.65. The van der Waals surface area contributed by atoms with Crippen molar-refractivity contribution >= 4 is 0 Å². The molecule has 1 aromatic heterocycles. The number of aryl methyl sites for hydroxylation is 1. The Kier molecular flexibility index (Phi) is 5.15. The Balaban J connectivity index is 1.55. The highest BCUT2D eigenvalue weighted by Crippen LogP contribution is 2.30. The number of benzene rings is 1. The van der Waals surface area contributed by atoms with E-state index in [4.69, 9.17) is 4.74 Å². The maximum Gasteiger partial charge on any atom is 0.416 e. The summed E-state index contributed by atoms with van der Waals surface area (Å²) in [5.74, 6) is 0. The first-order valence-electron chi connectivity index (χ1n) is 7.90. The summed E-state index contributed by atoms with van der Waals surface area (Å²) in [6, 6.07) is 4.97. The van der Waals surface area contributed by atoms with E-state index in [0.29, 0.717) is 11.3 Å². The minimum Gasteiger partial charge on any atom is -0.379 e. The molecular formula is C16H19F3N4O. The van der Waals surface area contributed by atoms with E-state index in [1.807, 2.05) is 0 Å². The smallest absolute Gasteiger partial charge is 0.379 e. The second kappa shape index (κ2) is 7.31. The van der Waals surface area contributed by atoms with Crippen molar-refractivity contribution in [2.24, 2.45) is 0 Å². The maximum atomic E-state index is 12.6. The third kappa shape index (κ3) is 4.33. The molecule has 0 radical (unpaired) electrons. The van der Waals surface area contributed by atoms with Crippen molar-refractivity contribution in [2.45, 2.75) is 19.1 Å².